The normalized spacial score (nSPS) is 17.7. The van der Waals surface area contributed by atoms with Crippen molar-refractivity contribution in [3.05, 3.63) is 48.0 Å². The maximum atomic E-state index is 12.7. The second-order valence-corrected chi connectivity index (χ2v) is 8.65. The average Bonchev–Trinajstić information content (AvgIpc) is 3.29. The lowest BCUT2D eigenvalue weighted by atomic mass is 10.1. The van der Waals surface area contributed by atoms with Gasteiger partial charge in [0.25, 0.3) is 0 Å². The van der Waals surface area contributed by atoms with Crippen LogP contribution in [-0.2, 0) is 4.79 Å². The van der Waals surface area contributed by atoms with Gasteiger partial charge in [-0.15, -0.1) is 0 Å². The SMILES string of the molecule is Cc1cc(NC(C)C(=O)Nc2ccc(N3CCCCC3)cc2)ccc1N1CCCC1. The second-order valence-electron chi connectivity index (χ2n) is 8.65. The largest absolute Gasteiger partial charge is 0.374 e. The van der Waals surface area contributed by atoms with Gasteiger partial charge in [0.05, 0.1) is 0 Å². The van der Waals surface area contributed by atoms with Gasteiger partial charge in [0.15, 0.2) is 0 Å². The summed E-state index contributed by atoms with van der Waals surface area (Å²) in [5.41, 5.74) is 5.63. The average molecular weight is 407 g/mol. The molecular formula is C25H34N4O. The Hall–Kier alpha value is -2.69. The first kappa shape index (κ1) is 20.6. The Labute approximate surface area is 180 Å². The molecule has 30 heavy (non-hydrogen) atoms. The number of nitrogens with zero attached hydrogens (tertiary/aromatic N) is 2. The number of benzene rings is 2. The highest BCUT2D eigenvalue weighted by molar-refractivity contribution is 5.96. The first-order valence-electron chi connectivity index (χ1n) is 11.4. The molecule has 2 aromatic rings. The summed E-state index contributed by atoms with van der Waals surface area (Å²) < 4.78 is 0. The van der Waals surface area contributed by atoms with Gasteiger partial charge in [-0.25, -0.2) is 0 Å². The summed E-state index contributed by atoms with van der Waals surface area (Å²) in [7, 11) is 0. The maximum absolute atomic E-state index is 12.7. The lowest BCUT2D eigenvalue weighted by molar-refractivity contribution is -0.116. The zero-order chi connectivity index (χ0) is 20.9. The molecular weight excluding hydrogens is 372 g/mol. The molecule has 2 N–H and O–H groups in total. The van der Waals surface area contributed by atoms with Crippen LogP contribution >= 0.6 is 0 Å². The number of amides is 1. The molecule has 1 unspecified atom stereocenters. The van der Waals surface area contributed by atoms with Crippen LogP contribution in [0.2, 0.25) is 0 Å². The third-order valence-electron chi connectivity index (χ3n) is 6.28. The van der Waals surface area contributed by atoms with Gasteiger partial charge in [-0.2, -0.15) is 0 Å². The molecule has 5 nitrogen and oxygen atoms in total. The topological polar surface area (TPSA) is 47.6 Å². The van der Waals surface area contributed by atoms with Gasteiger partial charge in [-0.1, -0.05) is 0 Å². The standard InChI is InChI=1S/C25H34N4O/c1-19-18-22(10-13-24(19)29-16-6-7-17-29)26-20(2)25(30)27-21-8-11-23(12-9-21)28-14-4-3-5-15-28/h8-13,18,20,26H,3-7,14-17H2,1-2H3,(H,27,30). The zero-order valence-corrected chi connectivity index (χ0v) is 18.3. The Morgan fingerprint density at radius 2 is 1.43 bits per heavy atom. The van der Waals surface area contributed by atoms with E-state index in [1.807, 2.05) is 19.1 Å². The van der Waals surface area contributed by atoms with Crippen LogP contribution in [0, 0.1) is 6.92 Å². The monoisotopic (exact) mass is 406 g/mol. The van der Waals surface area contributed by atoms with Crippen molar-refractivity contribution in [3.8, 4) is 0 Å². The molecule has 1 amide bonds. The number of hydrogen-bond donors (Lipinski definition) is 2. The van der Waals surface area contributed by atoms with Crippen LogP contribution < -0.4 is 20.4 Å². The quantitative estimate of drug-likeness (QED) is 0.707. The Morgan fingerprint density at radius 3 is 2.10 bits per heavy atom. The molecule has 0 bridgehead atoms. The smallest absolute Gasteiger partial charge is 0.246 e. The minimum atomic E-state index is -0.316. The number of nitrogens with one attached hydrogen (secondary N) is 2. The van der Waals surface area contributed by atoms with Crippen LogP contribution in [0.5, 0.6) is 0 Å². The molecule has 2 aromatic carbocycles. The highest BCUT2D eigenvalue weighted by atomic mass is 16.2. The van der Waals surface area contributed by atoms with Crippen molar-refractivity contribution in [2.45, 2.75) is 52.0 Å². The van der Waals surface area contributed by atoms with E-state index in [4.69, 9.17) is 0 Å². The van der Waals surface area contributed by atoms with E-state index in [1.54, 1.807) is 0 Å². The lowest BCUT2D eigenvalue weighted by Gasteiger charge is -2.28. The van der Waals surface area contributed by atoms with E-state index >= 15 is 0 Å². The van der Waals surface area contributed by atoms with Crippen molar-refractivity contribution in [1.29, 1.82) is 0 Å². The van der Waals surface area contributed by atoms with Crippen molar-refractivity contribution in [2.24, 2.45) is 0 Å². The predicted octanol–water partition coefficient (Wildman–Crippen LogP) is 5.02. The van der Waals surface area contributed by atoms with E-state index in [9.17, 15) is 4.79 Å². The fourth-order valence-corrected chi connectivity index (χ4v) is 4.53. The summed E-state index contributed by atoms with van der Waals surface area (Å²) >= 11 is 0. The third kappa shape index (κ3) is 4.89. The number of piperidine rings is 1. The van der Waals surface area contributed by atoms with Crippen LogP contribution in [-0.4, -0.2) is 38.1 Å². The molecule has 0 radical (unpaired) electrons. The number of carbonyl (C=O) groups is 1. The molecule has 160 valence electrons. The zero-order valence-electron chi connectivity index (χ0n) is 18.3. The number of carbonyl (C=O) groups excluding carboxylic acids is 1. The number of anilines is 4. The number of aryl methyl sites for hydroxylation is 1. The molecule has 2 fully saturated rings. The summed E-state index contributed by atoms with van der Waals surface area (Å²) in [5.74, 6) is -0.0259. The summed E-state index contributed by atoms with van der Waals surface area (Å²) in [5, 5.41) is 6.38. The Kier molecular flexibility index (Phi) is 6.46. The van der Waals surface area contributed by atoms with Crippen molar-refractivity contribution in [3.63, 3.8) is 0 Å². The summed E-state index contributed by atoms with van der Waals surface area (Å²) in [6.07, 6.45) is 6.40. The van der Waals surface area contributed by atoms with E-state index in [0.29, 0.717) is 0 Å². The number of hydrogen-bond acceptors (Lipinski definition) is 4. The Bertz CT molecular complexity index is 852. The molecule has 0 aromatic heterocycles. The molecule has 1 atom stereocenters. The van der Waals surface area contributed by atoms with E-state index in [1.165, 1.54) is 49.0 Å². The van der Waals surface area contributed by atoms with Crippen LogP contribution in [0.3, 0.4) is 0 Å². The van der Waals surface area contributed by atoms with Crippen molar-refractivity contribution < 1.29 is 4.79 Å². The summed E-state index contributed by atoms with van der Waals surface area (Å²) in [6.45, 7) is 8.59. The third-order valence-corrected chi connectivity index (χ3v) is 6.28. The molecule has 2 saturated heterocycles. The lowest BCUT2D eigenvalue weighted by Crippen LogP contribution is -2.32. The van der Waals surface area contributed by atoms with Crippen LogP contribution in [0.1, 0.15) is 44.6 Å². The molecule has 0 aliphatic carbocycles. The van der Waals surface area contributed by atoms with Crippen LogP contribution in [0.4, 0.5) is 22.7 Å². The van der Waals surface area contributed by atoms with Crippen molar-refractivity contribution in [2.75, 3.05) is 46.6 Å². The van der Waals surface area contributed by atoms with E-state index in [2.05, 4.69) is 57.7 Å². The van der Waals surface area contributed by atoms with Gasteiger partial charge in [0.2, 0.25) is 5.91 Å². The molecule has 2 aliphatic rings. The Morgan fingerprint density at radius 1 is 0.833 bits per heavy atom. The number of rotatable bonds is 6. The minimum Gasteiger partial charge on any atom is -0.374 e. The highest BCUT2D eigenvalue weighted by Crippen LogP contribution is 2.27. The second kappa shape index (κ2) is 9.41. The van der Waals surface area contributed by atoms with Gasteiger partial charge in [0.1, 0.15) is 6.04 Å². The van der Waals surface area contributed by atoms with E-state index in [0.717, 1.165) is 37.6 Å². The van der Waals surface area contributed by atoms with Gasteiger partial charge < -0.3 is 20.4 Å². The maximum Gasteiger partial charge on any atom is 0.246 e. The molecule has 0 saturated carbocycles. The van der Waals surface area contributed by atoms with E-state index in [-0.39, 0.29) is 11.9 Å². The van der Waals surface area contributed by atoms with Gasteiger partial charge in [-0.05, 0) is 94.0 Å². The van der Waals surface area contributed by atoms with E-state index < -0.39 is 0 Å². The first-order valence-corrected chi connectivity index (χ1v) is 11.4. The molecule has 5 heteroatoms. The van der Waals surface area contributed by atoms with Gasteiger partial charge in [-0.3, -0.25) is 4.79 Å². The molecule has 4 rings (SSSR count). The molecule has 2 aliphatic heterocycles. The van der Waals surface area contributed by atoms with Crippen molar-refractivity contribution in [1.82, 2.24) is 0 Å². The van der Waals surface area contributed by atoms with Gasteiger partial charge >= 0.3 is 0 Å². The van der Waals surface area contributed by atoms with Crippen LogP contribution in [0.25, 0.3) is 0 Å². The summed E-state index contributed by atoms with van der Waals surface area (Å²) in [6, 6.07) is 14.3. The Balaban J connectivity index is 1.32. The minimum absolute atomic E-state index is 0.0259. The molecule has 0 spiro atoms. The fourth-order valence-electron chi connectivity index (χ4n) is 4.53. The van der Waals surface area contributed by atoms with Crippen molar-refractivity contribution >= 4 is 28.7 Å². The molecule has 2 heterocycles. The first-order chi connectivity index (χ1) is 14.6. The highest BCUT2D eigenvalue weighted by Gasteiger charge is 2.17. The van der Waals surface area contributed by atoms with Gasteiger partial charge in [0, 0.05) is 48.9 Å². The predicted molar refractivity (Wildman–Crippen MR) is 127 cm³/mol. The summed E-state index contributed by atoms with van der Waals surface area (Å²) in [4.78, 5) is 17.5. The fraction of sp³-hybridized carbons (Fsp3) is 0.480. The van der Waals surface area contributed by atoms with Crippen LogP contribution in [0.15, 0.2) is 42.5 Å².